The Balaban J connectivity index is 1.39. The van der Waals surface area contributed by atoms with Crippen LogP contribution < -0.4 is 22.2 Å². The third-order valence-electron chi connectivity index (χ3n) is 9.55. The van der Waals surface area contributed by atoms with Crippen LogP contribution >= 0.6 is 0 Å². The van der Waals surface area contributed by atoms with E-state index in [1.807, 2.05) is 36.4 Å². The molecule has 0 amide bonds. The Morgan fingerprint density at radius 2 is 0.960 bits per heavy atom. The normalized spacial score (nSPS) is 15.4. The van der Waals surface area contributed by atoms with E-state index in [1.165, 1.54) is 0 Å². The van der Waals surface area contributed by atoms with Crippen LogP contribution in [0.4, 0.5) is 11.4 Å². The second-order valence-electron chi connectivity index (χ2n) is 12.7. The Bertz CT molecular complexity index is 2580. The third-order valence-corrected chi connectivity index (χ3v) is 9.55. The molecule has 0 saturated carbocycles. The molecule has 2 aliphatic heterocycles. The van der Waals surface area contributed by atoms with Crippen molar-refractivity contribution >= 4 is 33.8 Å². The summed E-state index contributed by atoms with van der Waals surface area (Å²) in [7, 11) is 0. The first-order chi connectivity index (χ1) is 24.6. The molecule has 6 nitrogen and oxygen atoms in total. The standard InChI is InChI=1S/C44H34N6/c45-31-15-11-29(12-16-31)43-37-23-19-33(47-37)41(27-7-3-1-4-8-27)34-20-24-38(48-34)44(30-13-17-32(46)18-14-30)40-26-22-36(50-40)42(28-9-5-2-6-10-28)35-21-25-39(43)49-35/h1-26,43,47-49H,45-46H2. The minimum Gasteiger partial charge on any atom is -0.399 e. The Hall–Kier alpha value is -6.79. The van der Waals surface area contributed by atoms with Gasteiger partial charge in [-0.1, -0.05) is 84.9 Å². The van der Waals surface area contributed by atoms with Crippen LogP contribution in [-0.4, -0.2) is 20.7 Å². The van der Waals surface area contributed by atoms with Crippen molar-refractivity contribution in [3.05, 3.63) is 219 Å². The van der Waals surface area contributed by atoms with Gasteiger partial charge in [0, 0.05) is 61.6 Å². The molecule has 0 spiro atoms. The van der Waals surface area contributed by atoms with Crippen LogP contribution in [0, 0.1) is 0 Å². The zero-order chi connectivity index (χ0) is 33.6. The van der Waals surface area contributed by atoms with Gasteiger partial charge in [0.15, 0.2) is 0 Å². The smallest absolute Gasteiger partial charge is 0.0737 e. The number of allylic oxidation sites excluding steroid dienone is 2. The Kier molecular flexibility index (Phi) is 7.06. The number of anilines is 2. The molecule has 1 unspecified atom stereocenters. The van der Waals surface area contributed by atoms with Gasteiger partial charge in [0.05, 0.1) is 17.3 Å². The van der Waals surface area contributed by atoms with Crippen LogP contribution in [0.3, 0.4) is 0 Å². The molecule has 240 valence electrons. The van der Waals surface area contributed by atoms with Crippen LogP contribution in [0.5, 0.6) is 0 Å². The van der Waals surface area contributed by atoms with E-state index in [0.717, 1.165) is 89.5 Å². The van der Waals surface area contributed by atoms with E-state index in [0.29, 0.717) is 5.69 Å². The fraction of sp³-hybridized carbons (Fsp3) is 0.0227. The predicted molar refractivity (Wildman–Crippen MR) is 204 cm³/mol. The fourth-order valence-electron chi connectivity index (χ4n) is 7.19. The van der Waals surface area contributed by atoms with Gasteiger partial charge in [-0.25, -0.2) is 4.99 Å². The van der Waals surface area contributed by atoms with Crippen molar-refractivity contribution in [1.29, 1.82) is 0 Å². The summed E-state index contributed by atoms with van der Waals surface area (Å²) >= 11 is 0. The maximum absolute atomic E-state index is 6.16. The lowest BCUT2D eigenvalue weighted by atomic mass is 9.92. The zero-order valence-corrected chi connectivity index (χ0v) is 27.2. The van der Waals surface area contributed by atoms with Crippen molar-refractivity contribution in [2.75, 3.05) is 11.5 Å². The molecule has 3 aromatic heterocycles. The predicted octanol–water partition coefficient (Wildman–Crippen LogP) is 7.25. The number of aliphatic imine (C=N–C) groups is 1. The number of aromatic amines is 3. The summed E-state index contributed by atoms with van der Waals surface area (Å²) in [6.07, 6.45) is 4.23. The van der Waals surface area contributed by atoms with Crippen molar-refractivity contribution in [3.8, 4) is 0 Å². The molecule has 6 heteroatoms. The summed E-state index contributed by atoms with van der Waals surface area (Å²) < 4.78 is 0. The summed E-state index contributed by atoms with van der Waals surface area (Å²) in [6, 6.07) is 50.2. The molecule has 1 atom stereocenters. The van der Waals surface area contributed by atoms with Crippen LogP contribution in [0.15, 0.2) is 168 Å². The quantitative estimate of drug-likeness (QED) is 0.130. The zero-order valence-electron chi connectivity index (χ0n) is 27.2. The largest absolute Gasteiger partial charge is 0.399 e. The number of nitrogens with one attached hydrogen (secondary N) is 3. The van der Waals surface area contributed by atoms with E-state index in [-0.39, 0.29) is 5.92 Å². The van der Waals surface area contributed by atoms with Crippen LogP contribution in [0.25, 0.3) is 16.7 Å². The fourth-order valence-corrected chi connectivity index (χ4v) is 7.19. The van der Waals surface area contributed by atoms with Gasteiger partial charge < -0.3 is 26.4 Å². The van der Waals surface area contributed by atoms with Gasteiger partial charge in [-0.2, -0.15) is 0 Å². The molecule has 7 aromatic rings. The first kappa shape index (κ1) is 29.4. The highest BCUT2D eigenvalue weighted by Crippen LogP contribution is 2.37. The molecule has 50 heavy (non-hydrogen) atoms. The van der Waals surface area contributed by atoms with Crippen LogP contribution in [0.1, 0.15) is 50.9 Å². The van der Waals surface area contributed by atoms with E-state index in [9.17, 15) is 0 Å². The molecular weight excluding hydrogens is 613 g/mol. The van der Waals surface area contributed by atoms with E-state index < -0.39 is 0 Å². The molecule has 0 radical (unpaired) electrons. The topological polar surface area (TPSA) is 112 Å². The van der Waals surface area contributed by atoms with Crippen molar-refractivity contribution in [1.82, 2.24) is 15.0 Å². The summed E-state index contributed by atoms with van der Waals surface area (Å²) in [5, 5.41) is 1.96. The third kappa shape index (κ3) is 5.20. The molecular formula is C44H34N6. The molecule has 8 bridgehead atoms. The number of benzene rings is 4. The molecule has 9 rings (SSSR count). The number of hydrogen-bond acceptors (Lipinski definition) is 3. The highest BCUT2D eigenvalue weighted by molar-refractivity contribution is 6.30. The summed E-state index contributed by atoms with van der Waals surface area (Å²) in [5.41, 5.74) is 27.1. The van der Waals surface area contributed by atoms with E-state index in [1.54, 1.807) is 0 Å². The van der Waals surface area contributed by atoms with Crippen LogP contribution in [0.2, 0.25) is 0 Å². The van der Waals surface area contributed by atoms with Gasteiger partial charge in [-0.05, 0) is 95.1 Å². The van der Waals surface area contributed by atoms with E-state index in [2.05, 4.69) is 136 Å². The number of rotatable bonds is 4. The van der Waals surface area contributed by atoms with Gasteiger partial charge in [0.1, 0.15) is 0 Å². The summed E-state index contributed by atoms with van der Waals surface area (Å²) in [4.78, 5) is 16.8. The van der Waals surface area contributed by atoms with Crippen molar-refractivity contribution in [2.45, 2.75) is 5.92 Å². The second-order valence-corrected chi connectivity index (χ2v) is 12.7. The van der Waals surface area contributed by atoms with Gasteiger partial charge in [-0.15, -0.1) is 0 Å². The number of nitrogens with two attached hydrogens (primary N) is 2. The minimum absolute atomic E-state index is 0.104. The molecule has 4 aromatic carbocycles. The molecule has 2 aliphatic rings. The van der Waals surface area contributed by atoms with Gasteiger partial charge in [0.2, 0.25) is 0 Å². The monoisotopic (exact) mass is 646 g/mol. The van der Waals surface area contributed by atoms with Gasteiger partial charge in [-0.3, -0.25) is 0 Å². The van der Waals surface area contributed by atoms with Gasteiger partial charge >= 0.3 is 0 Å². The lowest BCUT2D eigenvalue weighted by Crippen LogP contribution is -2.19. The SMILES string of the molecule is Nc1ccc(C2=c3ccc([nH]3)=C(c3ccccc3)c3ccc([nH]3)C(c3ccc(N)cc3)c3ccc([nH]3)C(c3ccccc3)=C3C=CC2=N3)cc1. The molecule has 0 fully saturated rings. The average Bonchev–Trinajstić information content (AvgIpc) is 3.98. The lowest BCUT2D eigenvalue weighted by Gasteiger charge is -2.17. The number of nitrogens with zero attached hydrogens (tertiary/aromatic N) is 1. The maximum Gasteiger partial charge on any atom is 0.0737 e. The van der Waals surface area contributed by atoms with E-state index in [4.69, 9.17) is 16.5 Å². The Labute approximate surface area is 289 Å². The molecule has 0 aliphatic carbocycles. The Morgan fingerprint density at radius 3 is 1.58 bits per heavy atom. The average molecular weight is 647 g/mol. The molecule has 7 N–H and O–H groups in total. The highest BCUT2D eigenvalue weighted by atomic mass is 14.8. The van der Waals surface area contributed by atoms with Crippen molar-refractivity contribution in [3.63, 3.8) is 0 Å². The molecule has 0 saturated heterocycles. The highest BCUT2D eigenvalue weighted by Gasteiger charge is 2.25. The first-order valence-electron chi connectivity index (χ1n) is 16.7. The van der Waals surface area contributed by atoms with Crippen LogP contribution in [-0.2, 0) is 0 Å². The molecule has 5 heterocycles. The van der Waals surface area contributed by atoms with Crippen molar-refractivity contribution < 1.29 is 0 Å². The number of H-pyrrole nitrogens is 3. The number of nitrogen functional groups attached to an aromatic ring is 2. The summed E-state index contributed by atoms with van der Waals surface area (Å²) in [5.74, 6) is -0.104. The first-order valence-corrected chi connectivity index (χ1v) is 16.7. The van der Waals surface area contributed by atoms with Gasteiger partial charge in [0.25, 0.3) is 0 Å². The van der Waals surface area contributed by atoms with E-state index >= 15 is 0 Å². The van der Waals surface area contributed by atoms with Crippen molar-refractivity contribution in [2.24, 2.45) is 4.99 Å². The number of hydrogen-bond donors (Lipinski definition) is 5. The number of aromatic nitrogens is 3. The summed E-state index contributed by atoms with van der Waals surface area (Å²) in [6.45, 7) is 0. The minimum atomic E-state index is -0.104. The maximum atomic E-state index is 6.16. The lowest BCUT2D eigenvalue weighted by molar-refractivity contribution is 0.893. The second kappa shape index (κ2) is 12.0. The Morgan fingerprint density at radius 1 is 0.440 bits per heavy atom. The number of fused-ring (bicyclic) bond motifs is 7.